The Morgan fingerprint density at radius 2 is 0.253 bits per heavy atom. The maximum Gasteiger partial charge on any atom is 2.00 e. The van der Waals surface area contributed by atoms with Crippen molar-refractivity contribution in [3.63, 3.8) is 0 Å². The van der Waals surface area contributed by atoms with E-state index in [0.29, 0.717) is 0 Å². The van der Waals surface area contributed by atoms with Crippen LogP contribution in [-0.2, 0) is 34.6 Å². The van der Waals surface area contributed by atoms with Crippen LogP contribution in [0.1, 0.15) is 0 Å². The van der Waals surface area contributed by atoms with E-state index in [4.69, 9.17) is 19.4 Å². The van der Waals surface area contributed by atoms with Crippen molar-refractivity contribution in [2.75, 3.05) is 0 Å². The Balaban J connectivity index is 0.000000138. The van der Waals surface area contributed by atoms with E-state index in [0.717, 1.165) is 131 Å². The fraction of sp³-hybridized carbons (Fsp3) is 0. The maximum absolute atomic E-state index is 4.85. The van der Waals surface area contributed by atoms with Crippen LogP contribution in [0, 0.1) is 0 Å². The average Bonchev–Trinajstić information content (AvgIpc) is 2.49. The first kappa shape index (κ1) is 67.5. The molecule has 12 heterocycles. The molecule has 0 amide bonds. The first-order valence-corrected chi connectivity index (χ1v) is 32.0. The quantitative estimate of drug-likeness (QED) is 0.103. The van der Waals surface area contributed by atoms with E-state index in [1.54, 1.807) is 74.4 Å². The van der Waals surface area contributed by atoms with E-state index >= 15 is 0 Å². The fourth-order valence-electron chi connectivity index (χ4n) is 10.1. The van der Waals surface area contributed by atoms with Crippen LogP contribution in [0.5, 0.6) is 0 Å². The Hall–Kier alpha value is -9.39. The van der Waals surface area contributed by atoms with Gasteiger partial charge in [0.15, 0.2) is 0 Å². The Morgan fingerprint density at radius 3 is 0.330 bits per heavy atom. The molecule has 0 unspecified atom stereocenters. The molecule has 0 aliphatic carbocycles. The third-order valence-electron chi connectivity index (χ3n) is 14.1. The SMILES string of the molecule is O.[Cl-].[Cl-].[Cl][Ru][Cl].[Ru+2].c1cnc2c(c1)ccc1cccnc12.c1cnc2c(c1)ccc1cccnc12.c1cnc2c(c1)ccc1cccnc12.c1cnc2c(c1)ccc1cccnc12.c1cnc2c(c1)ccc1cccnc12.c1cnc2c(c1)ccc1cccnc12. The van der Waals surface area contributed by atoms with Gasteiger partial charge in [-0.05, 0) is 72.8 Å². The molecular formula is C72H50Cl4N12ORu2. The number of nitrogens with zero attached hydrogens (tertiary/aromatic N) is 12. The van der Waals surface area contributed by atoms with E-state index in [1.807, 2.05) is 72.8 Å². The summed E-state index contributed by atoms with van der Waals surface area (Å²) >= 11 is -0.346. The van der Waals surface area contributed by atoms with E-state index in [9.17, 15) is 0 Å². The summed E-state index contributed by atoms with van der Waals surface area (Å²) in [7, 11) is 9.71. The van der Waals surface area contributed by atoms with Crippen LogP contribution in [0.4, 0.5) is 0 Å². The molecule has 0 spiro atoms. The van der Waals surface area contributed by atoms with E-state index in [2.05, 4.69) is 205 Å². The van der Waals surface area contributed by atoms with Crippen LogP contribution in [0.2, 0.25) is 0 Å². The zero-order chi connectivity index (χ0) is 59.0. The van der Waals surface area contributed by atoms with Gasteiger partial charge >= 0.3 is 54.0 Å². The minimum absolute atomic E-state index is 0. The maximum atomic E-state index is 4.85. The van der Waals surface area contributed by atoms with Crippen LogP contribution >= 0.6 is 19.4 Å². The van der Waals surface area contributed by atoms with Crippen molar-refractivity contribution in [2.24, 2.45) is 0 Å². The Bertz CT molecular complexity index is 4210. The number of pyridine rings is 12. The molecule has 0 bridgehead atoms. The molecule has 0 saturated heterocycles. The minimum atomic E-state index is -0.346. The summed E-state index contributed by atoms with van der Waals surface area (Å²) in [5.74, 6) is 0. The molecule has 18 rings (SSSR count). The van der Waals surface area contributed by atoms with Crippen LogP contribution in [0.3, 0.4) is 0 Å². The van der Waals surface area contributed by atoms with Gasteiger partial charge in [-0.15, -0.1) is 0 Å². The number of benzene rings is 6. The summed E-state index contributed by atoms with van der Waals surface area (Å²) < 4.78 is 0. The number of halogens is 4. The van der Waals surface area contributed by atoms with E-state index in [-0.39, 0.29) is 64.9 Å². The van der Waals surface area contributed by atoms with Gasteiger partial charge in [0, 0.05) is 139 Å². The van der Waals surface area contributed by atoms with Crippen molar-refractivity contribution in [3.05, 3.63) is 293 Å². The molecule has 19 heteroatoms. The topological polar surface area (TPSA) is 186 Å². The molecule has 12 aromatic heterocycles. The fourth-order valence-corrected chi connectivity index (χ4v) is 10.1. The number of hydrogen-bond acceptors (Lipinski definition) is 12. The van der Waals surface area contributed by atoms with Crippen molar-refractivity contribution < 1.29 is 64.9 Å². The summed E-state index contributed by atoms with van der Waals surface area (Å²) in [5.41, 5.74) is 11.7. The number of aromatic nitrogens is 12. The van der Waals surface area contributed by atoms with Gasteiger partial charge in [-0.2, -0.15) is 0 Å². The van der Waals surface area contributed by atoms with Crippen molar-refractivity contribution in [1.82, 2.24) is 59.8 Å². The smallest absolute Gasteiger partial charge is 0.254 e. The van der Waals surface area contributed by atoms with Crippen LogP contribution < -0.4 is 24.8 Å². The van der Waals surface area contributed by atoms with E-state index < -0.39 is 0 Å². The van der Waals surface area contributed by atoms with Gasteiger partial charge in [0.25, 0.3) is 0 Å². The first-order valence-electron chi connectivity index (χ1n) is 27.5. The van der Waals surface area contributed by atoms with Crippen LogP contribution in [0.15, 0.2) is 293 Å². The molecule has 6 aromatic carbocycles. The summed E-state index contributed by atoms with van der Waals surface area (Å²) in [5, 5.41) is 13.7. The monoisotopic (exact) mass is 1440 g/mol. The molecule has 2 N–H and O–H groups in total. The predicted octanol–water partition coefficient (Wildman–Crippen LogP) is 11.3. The summed E-state index contributed by atoms with van der Waals surface area (Å²) in [6.45, 7) is 0. The molecule has 448 valence electrons. The third-order valence-corrected chi connectivity index (χ3v) is 14.1. The van der Waals surface area contributed by atoms with Crippen molar-refractivity contribution in [1.29, 1.82) is 0 Å². The van der Waals surface area contributed by atoms with Gasteiger partial charge in [-0.1, -0.05) is 146 Å². The molecule has 18 aromatic rings. The molecule has 0 atom stereocenters. The molecule has 0 aliphatic heterocycles. The largest absolute Gasteiger partial charge is 2.00 e. The first-order chi connectivity index (χ1) is 43.1. The minimum Gasteiger partial charge on any atom is -0.254 e. The van der Waals surface area contributed by atoms with Gasteiger partial charge in [0.1, 0.15) is 0 Å². The molecular weight excluding hydrogens is 1390 g/mol. The second kappa shape index (κ2) is 33.4. The molecule has 13 nitrogen and oxygen atoms in total. The van der Waals surface area contributed by atoms with Crippen molar-refractivity contribution >= 4 is 150 Å². The number of rotatable bonds is 0. The van der Waals surface area contributed by atoms with Crippen molar-refractivity contribution in [3.8, 4) is 0 Å². The molecule has 0 fully saturated rings. The van der Waals surface area contributed by atoms with Crippen LogP contribution in [0.25, 0.3) is 131 Å². The number of hydrogen-bond donors (Lipinski definition) is 0. The van der Waals surface area contributed by atoms with Gasteiger partial charge in [0.05, 0.1) is 66.2 Å². The van der Waals surface area contributed by atoms with Crippen molar-refractivity contribution in [2.45, 2.75) is 0 Å². The summed E-state index contributed by atoms with van der Waals surface area (Å²) in [6, 6.07) is 72.8. The van der Waals surface area contributed by atoms with Gasteiger partial charge in [0.2, 0.25) is 0 Å². The zero-order valence-corrected chi connectivity index (χ0v) is 54.3. The van der Waals surface area contributed by atoms with Gasteiger partial charge in [-0.3, -0.25) is 59.8 Å². The van der Waals surface area contributed by atoms with Gasteiger partial charge in [-0.25, -0.2) is 0 Å². The molecule has 0 radical (unpaired) electrons. The second-order valence-electron chi connectivity index (χ2n) is 19.3. The molecule has 91 heavy (non-hydrogen) atoms. The molecule has 0 saturated carbocycles. The Kier molecular flexibility index (Phi) is 24.8. The Labute approximate surface area is 563 Å². The summed E-state index contributed by atoms with van der Waals surface area (Å²) in [4.78, 5) is 52.2. The standard InChI is InChI=1S/6C12H8N2.4ClH.H2O.2Ru/c6*1-3-9-5-6-10-4-2-8-14-12(10)11(9)13-7-1;;;;;;;/h6*1-8H;4*1H;1H2;;/q;;;;;;;;;;;2*+2/p-4. The predicted molar refractivity (Wildman–Crippen MR) is 358 cm³/mol. The average molecular weight is 1440 g/mol. The Morgan fingerprint density at radius 1 is 0.176 bits per heavy atom. The summed E-state index contributed by atoms with van der Waals surface area (Å²) in [6.07, 6.45) is 21.6. The second-order valence-corrected chi connectivity index (χ2v) is 22.0. The van der Waals surface area contributed by atoms with Gasteiger partial charge < -0.3 is 30.3 Å². The number of fused-ring (bicyclic) bond motifs is 18. The van der Waals surface area contributed by atoms with Crippen LogP contribution in [-0.4, -0.2) is 65.3 Å². The molecule has 0 aliphatic rings. The zero-order valence-electron chi connectivity index (χ0n) is 47.8. The normalized spacial score (nSPS) is 10.3. The van der Waals surface area contributed by atoms with E-state index in [1.165, 1.54) is 0 Å². The third kappa shape index (κ3) is 16.0.